The van der Waals surface area contributed by atoms with Crippen LogP contribution in [0.5, 0.6) is 0 Å². The van der Waals surface area contributed by atoms with Crippen LogP contribution in [0.1, 0.15) is 18.0 Å². The van der Waals surface area contributed by atoms with Crippen LogP contribution in [0.2, 0.25) is 0 Å². The third-order valence-corrected chi connectivity index (χ3v) is 8.68. The van der Waals surface area contributed by atoms with E-state index in [0.29, 0.717) is 0 Å². The number of hydrogen-bond donors (Lipinski definition) is 0. The van der Waals surface area contributed by atoms with Gasteiger partial charge in [-0.3, -0.25) is 4.98 Å². The van der Waals surface area contributed by atoms with E-state index in [2.05, 4.69) is 120 Å². The number of nitrogens with zero attached hydrogens (tertiary/aromatic N) is 2. The smallest absolute Gasteiger partial charge is 0.0802 e. The van der Waals surface area contributed by atoms with Crippen LogP contribution in [0.15, 0.2) is 128 Å². The summed E-state index contributed by atoms with van der Waals surface area (Å²) in [5.41, 5.74) is 11.5. The Bertz CT molecular complexity index is 2180. The number of fused-ring (bicyclic) bond motifs is 8. The molecule has 2 aromatic heterocycles. The van der Waals surface area contributed by atoms with Gasteiger partial charge in [0.2, 0.25) is 0 Å². The fourth-order valence-corrected chi connectivity index (χ4v) is 7.07. The number of benzene rings is 5. The molecule has 0 aliphatic heterocycles. The van der Waals surface area contributed by atoms with Crippen LogP contribution in [0.4, 0.5) is 0 Å². The lowest BCUT2D eigenvalue weighted by atomic mass is 9.90. The molecule has 0 saturated heterocycles. The molecule has 5 aromatic carbocycles. The van der Waals surface area contributed by atoms with Crippen molar-refractivity contribution >= 4 is 49.1 Å². The molecule has 0 spiro atoms. The largest absolute Gasteiger partial charge is 0.333 e. The minimum absolute atomic E-state index is 0.216. The highest BCUT2D eigenvalue weighted by molar-refractivity contribution is 6.20. The molecule has 182 valence electrons. The van der Waals surface area contributed by atoms with Crippen LogP contribution in [0, 0.1) is 0 Å². The summed E-state index contributed by atoms with van der Waals surface area (Å²) in [6.07, 6.45) is 10.00. The molecule has 9 rings (SSSR count). The normalized spacial score (nSPS) is 15.9. The van der Waals surface area contributed by atoms with Gasteiger partial charge in [0.05, 0.1) is 17.1 Å². The van der Waals surface area contributed by atoms with Gasteiger partial charge in [-0.1, -0.05) is 103 Å². The van der Waals surface area contributed by atoms with Crippen LogP contribution in [-0.2, 0) is 0 Å². The van der Waals surface area contributed by atoms with E-state index < -0.39 is 0 Å². The van der Waals surface area contributed by atoms with Crippen molar-refractivity contribution in [2.45, 2.75) is 12.5 Å². The molecule has 2 heteroatoms. The third-order valence-electron chi connectivity index (χ3n) is 8.68. The summed E-state index contributed by atoms with van der Waals surface area (Å²) in [5, 5.41) is 6.40. The SMILES string of the molecule is C1=CC(c2ccc3c4c(cccc24)-c2ccccc2-3)=CC(n2c3ccccc3c3c4ncccc4ccc32)C1. The predicted molar refractivity (Wildman–Crippen MR) is 164 cm³/mol. The summed E-state index contributed by atoms with van der Waals surface area (Å²) in [4.78, 5) is 4.81. The van der Waals surface area contributed by atoms with Gasteiger partial charge in [0.15, 0.2) is 0 Å². The molecule has 0 bridgehead atoms. The lowest BCUT2D eigenvalue weighted by Crippen LogP contribution is -2.08. The number of rotatable bonds is 2. The van der Waals surface area contributed by atoms with Crippen molar-refractivity contribution in [1.29, 1.82) is 0 Å². The fourth-order valence-electron chi connectivity index (χ4n) is 7.07. The first kappa shape index (κ1) is 21.0. The second kappa shape index (κ2) is 7.78. The van der Waals surface area contributed by atoms with Crippen molar-refractivity contribution in [3.8, 4) is 22.3 Å². The summed E-state index contributed by atoms with van der Waals surface area (Å²) in [6.45, 7) is 0. The molecule has 0 fully saturated rings. The summed E-state index contributed by atoms with van der Waals surface area (Å²) >= 11 is 0. The first-order valence-electron chi connectivity index (χ1n) is 13.7. The molecule has 2 aliphatic rings. The zero-order valence-electron chi connectivity index (χ0n) is 21.3. The Morgan fingerprint density at radius 3 is 2.28 bits per heavy atom. The molecule has 2 nitrogen and oxygen atoms in total. The summed E-state index contributed by atoms with van der Waals surface area (Å²) < 4.78 is 2.53. The van der Waals surface area contributed by atoms with Crippen molar-refractivity contribution in [1.82, 2.24) is 9.55 Å². The van der Waals surface area contributed by atoms with Crippen molar-refractivity contribution < 1.29 is 0 Å². The molecule has 1 unspecified atom stereocenters. The van der Waals surface area contributed by atoms with Gasteiger partial charge in [-0.15, -0.1) is 0 Å². The van der Waals surface area contributed by atoms with E-state index in [9.17, 15) is 0 Å². The number of aromatic nitrogens is 2. The average molecular weight is 497 g/mol. The first-order chi connectivity index (χ1) is 19.4. The van der Waals surface area contributed by atoms with Crippen LogP contribution in [0.3, 0.4) is 0 Å². The standard InChI is InChI=1S/C37H24N2/c1-2-12-28-27(11-1)30-15-6-14-29-26(18-19-31(28)35(29)30)24-8-5-10-25(22-24)39-33-16-4-3-13-32(33)36-34(39)20-17-23-9-7-21-38-37(23)36/h1-9,11-22,25H,10H2. The molecule has 7 aromatic rings. The van der Waals surface area contributed by atoms with E-state index in [0.717, 1.165) is 11.9 Å². The summed E-state index contributed by atoms with van der Waals surface area (Å²) in [7, 11) is 0. The lowest BCUT2D eigenvalue weighted by Gasteiger charge is -2.22. The molecular formula is C37H24N2. The summed E-state index contributed by atoms with van der Waals surface area (Å²) in [5.74, 6) is 0. The number of hydrogen-bond acceptors (Lipinski definition) is 1. The molecule has 0 saturated carbocycles. The highest BCUT2D eigenvalue weighted by Crippen LogP contribution is 2.49. The zero-order chi connectivity index (χ0) is 25.5. The van der Waals surface area contributed by atoms with E-state index in [4.69, 9.17) is 4.98 Å². The van der Waals surface area contributed by atoms with Crippen LogP contribution >= 0.6 is 0 Å². The minimum atomic E-state index is 0.216. The quantitative estimate of drug-likeness (QED) is 0.233. The second-order valence-electron chi connectivity index (χ2n) is 10.7. The maximum atomic E-state index is 4.81. The Labute approximate surface area is 226 Å². The predicted octanol–water partition coefficient (Wildman–Crippen LogP) is 9.73. The number of pyridine rings is 1. The highest BCUT2D eigenvalue weighted by atomic mass is 15.0. The third kappa shape index (κ3) is 2.83. The van der Waals surface area contributed by atoms with E-state index in [1.54, 1.807) is 0 Å². The molecule has 2 aliphatic carbocycles. The average Bonchev–Trinajstić information content (AvgIpc) is 3.52. The monoisotopic (exact) mass is 496 g/mol. The van der Waals surface area contributed by atoms with Gasteiger partial charge < -0.3 is 4.57 Å². The Morgan fingerprint density at radius 2 is 1.36 bits per heavy atom. The molecule has 2 heterocycles. The number of allylic oxidation sites excluding steroid dienone is 4. The van der Waals surface area contributed by atoms with Gasteiger partial charge in [-0.05, 0) is 68.8 Å². The van der Waals surface area contributed by atoms with Gasteiger partial charge in [0.1, 0.15) is 0 Å². The fraction of sp³-hybridized carbons (Fsp3) is 0.0541. The number of para-hydroxylation sites is 1. The molecule has 0 radical (unpaired) electrons. The minimum Gasteiger partial charge on any atom is -0.333 e. The van der Waals surface area contributed by atoms with Crippen molar-refractivity contribution in [2.75, 3.05) is 0 Å². The van der Waals surface area contributed by atoms with E-state index in [1.807, 2.05) is 12.3 Å². The lowest BCUT2D eigenvalue weighted by molar-refractivity contribution is 0.650. The Morgan fingerprint density at radius 1 is 0.590 bits per heavy atom. The summed E-state index contributed by atoms with van der Waals surface area (Å²) in [6, 6.07) is 37.9. The van der Waals surface area contributed by atoms with Crippen molar-refractivity contribution in [2.24, 2.45) is 0 Å². The van der Waals surface area contributed by atoms with Gasteiger partial charge in [-0.25, -0.2) is 0 Å². The van der Waals surface area contributed by atoms with Crippen LogP contribution in [0.25, 0.3) is 71.3 Å². The van der Waals surface area contributed by atoms with Crippen molar-refractivity contribution in [3.05, 3.63) is 133 Å². The highest BCUT2D eigenvalue weighted by Gasteiger charge is 2.24. The zero-order valence-corrected chi connectivity index (χ0v) is 21.3. The van der Waals surface area contributed by atoms with Crippen LogP contribution in [-0.4, -0.2) is 9.55 Å². The maximum Gasteiger partial charge on any atom is 0.0802 e. The van der Waals surface area contributed by atoms with E-state index >= 15 is 0 Å². The topological polar surface area (TPSA) is 17.8 Å². The Balaban J connectivity index is 1.27. The van der Waals surface area contributed by atoms with Gasteiger partial charge >= 0.3 is 0 Å². The van der Waals surface area contributed by atoms with Crippen molar-refractivity contribution in [3.63, 3.8) is 0 Å². The molecular weight excluding hydrogens is 472 g/mol. The molecule has 0 N–H and O–H groups in total. The first-order valence-corrected chi connectivity index (χ1v) is 13.7. The Kier molecular flexibility index (Phi) is 4.20. The second-order valence-corrected chi connectivity index (χ2v) is 10.7. The molecule has 1 atom stereocenters. The van der Waals surface area contributed by atoms with Crippen LogP contribution < -0.4 is 0 Å². The Hall–Kier alpha value is -4.95. The maximum absolute atomic E-state index is 4.81. The van der Waals surface area contributed by atoms with E-state index in [-0.39, 0.29) is 6.04 Å². The van der Waals surface area contributed by atoms with Gasteiger partial charge in [0, 0.05) is 27.9 Å². The molecule has 0 amide bonds. The van der Waals surface area contributed by atoms with Gasteiger partial charge in [-0.2, -0.15) is 0 Å². The van der Waals surface area contributed by atoms with E-state index in [1.165, 1.54) is 71.4 Å². The molecule has 39 heavy (non-hydrogen) atoms. The van der Waals surface area contributed by atoms with Gasteiger partial charge in [0.25, 0.3) is 0 Å².